The van der Waals surface area contributed by atoms with Gasteiger partial charge in [0, 0.05) is 12.3 Å². The second-order valence-corrected chi connectivity index (χ2v) is 8.87. The van der Waals surface area contributed by atoms with Crippen LogP contribution in [-0.4, -0.2) is 10.9 Å². The molecule has 3 aliphatic carbocycles. The fourth-order valence-electron chi connectivity index (χ4n) is 5.03. The van der Waals surface area contributed by atoms with Crippen molar-refractivity contribution in [1.82, 2.24) is 0 Å². The van der Waals surface area contributed by atoms with Crippen LogP contribution in [0.15, 0.2) is 48.2 Å². The van der Waals surface area contributed by atoms with E-state index in [4.69, 9.17) is 10.00 Å². The number of Topliss-reactive ketones (excluding diaryl/α,β-unsaturated/α-hetero) is 1. The zero-order valence-electron chi connectivity index (χ0n) is 18.2. The average Bonchev–Trinajstić information content (AvgIpc) is 2.86. The van der Waals surface area contributed by atoms with E-state index in [1.54, 1.807) is 24.3 Å². The van der Waals surface area contributed by atoms with E-state index >= 15 is 0 Å². The van der Waals surface area contributed by atoms with Crippen LogP contribution in [0.2, 0.25) is 0 Å². The fraction of sp³-hybridized carbons (Fsp3) is 0.407. The van der Waals surface area contributed by atoms with Crippen LogP contribution in [0.1, 0.15) is 62.6 Å². The van der Waals surface area contributed by atoms with Gasteiger partial charge in [-0.15, -0.1) is 0 Å². The first kappa shape index (κ1) is 21.2. The van der Waals surface area contributed by atoms with E-state index in [2.05, 4.69) is 19.9 Å². The maximum Gasteiger partial charge on any atom is 0.167 e. The molecule has 1 unspecified atom stereocenters. The summed E-state index contributed by atoms with van der Waals surface area (Å²) in [7, 11) is 0. The summed E-state index contributed by atoms with van der Waals surface area (Å²) >= 11 is 0. The van der Waals surface area contributed by atoms with Crippen LogP contribution in [0, 0.1) is 29.1 Å². The second-order valence-electron chi connectivity index (χ2n) is 8.87. The van der Waals surface area contributed by atoms with Gasteiger partial charge in [-0.3, -0.25) is 4.79 Å². The zero-order chi connectivity index (χ0) is 22.0. The molecule has 1 saturated carbocycles. The molecule has 2 bridgehead atoms. The smallest absolute Gasteiger partial charge is 0.167 e. The van der Waals surface area contributed by atoms with Crippen molar-refractivity contribution >= 4 is 11.4 Å². The number of benzene rings is 2. The van der Waals surface area contributed by atoms with Crippen LogP contribution in [0.25, 0.3) is 5.57 Å². The highest BCUT2D eigenvalue weighted by molar-refractivity contribution is 6.22. The molecule has 0 spiro atoms. The Morgan fingerprint density at radius 2 is 1.74 bits per heavy atom. The topological polar surface area (TPSA) is 70.3 Å². The molecule has 0 saturated heterocycles. The Balaban J connectivity index is 1.75. The number of hydrogen-bond acceptors (Lipinski definition) is 4. The molecule has 0 heterocycles. The monoisotopic (exact) mass is 415 g/mol. The van der Waals surface area contributed by atoms with Crippen molar-refractivity contribution in [3.05, 3.63) is 64.9 Å². The number of allylic oxidation sites excluding steroid dienone is 2. The summed E-state index contributed by atoms with van der Waals surface area (Å²) in [6.45, 7) is 4.12. The highest BCUT2D eigenvalue weighted by atomic mass is 16.5. The van der Waals surface area contributed by atoms with E-state index in [0.717, 1.165) is 43.2 Å². The quantitative estimate of drug-likeness (QED) is 0.611. The molecule has 5 rings (SSSR count). The van der Waals surface area contributed by atoms with Crippen LogP contribution >= 0.6 is 0 Å². The van der Waals surface area contributed by atoms with E-state index in [9.17, 15) is 9.90 Å². The van der Waals surface area contributed by atoms with Crippen LogP contribution < -0.4 is 4.74 Å². The van der Waals surface area contributed by atoms with Gasteiger partial charge < -0.3 is 9.84 Å². The number of carbonyl (C=O) groups excluding carboxylic acids is 1. The normalized spacial score (nSPS) is 23.6. The van der Waals surface area contributed by atoms with Crippen molar-refractivity contribution in [3.8, 4) is 17.6 Å². The lowest BCUT2D eigenvalue weighted by Crippen LogP contribution is -2.20. The van der Waals surface area contributed by atoms with E-state index in [-0.39, 0.29) is 17.5 Å². The van der Waals surface area contributed by atoms with Gasteiger partial charge >= 0.3 is 0 Å². The van der Waals surface area contributed by atoms with Crippen molar-refractivity contribution in [2.24, 2.45) is 17.8 Å². The summed E-state index contributed by atoms with van der Waals surface area (Å²) in [6, 6.07) is 14.8. The van der Waals surface area contributed by atoms with Crippen molar-refractivity contribution in [3.63, 3.8) is 0 Å². The standard InChI is InChI=1S/C27H29NO3/c1-3-20-10-13-23(31-22-11-6-19(16-28)7-12-22)15-24(20)26-25(29)14-18-4-8-21(9-5-18)17(2)27(26)30/h6-7,10-13,15,17-18,21,30H,3-5,8-9,14H2,1-2H3. The first-order valence-corrected chi connectivity index (χ1v) is 11.3. The Labute approximate surface area is 184 Å². The van der Waals surface area contributed by atoms with Gasteiger partial charge in [0.2, 0.25) is 0 Å². The summed E-state index contributed by atoms with van der Waals surface area (Å²) in [5.74, 6) is 2.34. The number of aliphatic hydroxyl groups is 1. The lowest BCUT2D eigenvalue weighted by Gasteiger charge is -2.30. The Morgan fingerprint density at radius 3 is 2.39 bits per heavy atom. The van der Waals surface area contributed by atoms with Crippen LogP contribution in [-0.2, 0) is 11.2 Å². The third-order valence-electron chi connectivity index (χ3n) is 6.99. The minimum atomic E-state index is -0.0224. The van der Waals surface area contributed by atoms with Gasteiger partial charge in [-0.25, -0.2) is 0 Å². The summed E-state index contributed by atoms with van der Waals surface area (Å²) < 4.78 is 6.02. The first-order valence-electron chi connectivity index (χ1n) is 11.3. The predicted molar refractivity (Wildman–Crippen MR) is 121 cm³/mol. The number of fused-ring (bicyclic) bond motifs is 5. The van der Waals surface area contributed by atoms with Crippen molar-refractivity contribution in [2.45, 2.75) is 52.4 Å². The molecule has 3 aliphatic rings. The molecule has 0 radical (unpaired) electrons. The molecular weight excluding hydrogens is 386 g/mol. The Morgan fingerprint density at radius 1 is 1.06 bits per heavy atom. The number of aliphatic hydroxyl groups excluding tert-OH is 1. The predicted octanol–water partition coefficient (Wildman–Crippen LogP) is 6.60. The number of carbonyl (C=O) groups is 1. The largest absolute Gasteiger partial charge is 0.511 e. The summed E-state index contributed by atoms with van der Waals surface area (Å²) in [6.07, 6.45) is 5.58. The molecule has 4 heteroatoms. The lowest BCUT2D eigenvalue weighted by atomic mass is 9.76. The second kappa shape index (κ2) is 8.98. The van der Waals surface area contributed by atoms with Gasteiger partial charge in [-0.1, -0.05) is 19.9 Å². The van der Waals surface area contributed by atoms with Gasteiger partial charge in [0.15, 0.2) is 5.78 Å². The number of aryl methyl sites for hydroxylation is 1. The third kappa shape index (κ3) is 4.37. The van der Waals surface area contributed by atoms with Crippen LogP contribution in [0.3, 0.4) is 0 Å². The number of nitriles is 1. The lowest BCUT2D eigenvalue weighted by molar-refractivity contribution is -0.114. The molecule has 160 valence electrons. The minimum absolute atomic E-state index is 0.0224. The number of rotatable bonds is 4. The van der Waals surface area contributed by atoms with Gasteiger partial charge in [0.25, 0.3) is 0 Å². The highest BCUT2D eigenvalue weighted by Crippen LogP contribution is 2.43. The Hall–Kier alpha value is -3.06. The van der Waals surface area contributed by atoms with E-state index in [1.807, 2.05) is 18.2 Å². The number of hydrogen-bond donors (Lipinski definition) is 1. The van der Waals surface area contributed by atoms with Crippen LogP contribution in [0.4, 0.5) is 0 Å². The molecule has 2 aromatic carbocycles. The third-order valence-corrected chi connectivity index (χ3v) is 6.99. The minimum Gasteiger partial charge on any atom is -0.511 e. The number of nitrogens with zero attached hydrogens (tertiary/aromatic N) is 1. The van der Waals surface area contributed by atoms with Gasteiger partial charge in [0.05, 0.1) is 17.2 Å². The highest BCUT2D eigenvalue weighted by Gasteiger charge is 2.35. The number of ether oxygens (including phenoxy) is 1. The average molecular weight is 416 g/mol. The maximum atomic E-state index is 13.4. The van der Waals surface area contributed by atoms with Gasteiger partial charge in [-0.05, 0) is 91.5 Å². The SMILES string of the molecule is CCc1ccc(Oc2ccc(C#N)cc2)cc1C1=C(O)C(C)C2CCC(CC2)CC1=O. The van der Waals surface area contributed by atoms with Crippen molar-refractivity contribution in [1.29, 1.82) is 5.26 Å². The fourth-order valence-corrected chi connectivity index (χ4v) is 5.03. The molecule has 1 atom stereocenters. The molecule has 0 amide bonds. The summed E-state index contributed by atoms with van der Waals surface area (Å²) in [4.78, 5) is 13.4. The summed E-state index contributed by atoms with van der Waals surface area (Å²) in [5, 5.41) is 20.2. The zero-order valence-corrected chi connectivity index (χ0v) is 18.2. The van der Waals surface area contributed by atoms with Gasteiger partial charge in [-0.2, -0.15) is 5.26 Å². The Kier molecular flexibility index (Phi) is 6.13. The molecule has 0 aromatic heterocycles. The molecule has 4 nitrogen and oxygen atoms in total. The van der Waals surface area contributed by atoms with E-state index in [0.29, 0.717) is 40.9 Å². The molecule has 2 aromatic rings. The van der Waals surface area contributed by atoms with Crippen LogP contribution in [0.5, 0.6) is 11.5 Å². The van der Waals surface area contributed by atoms with Gasteiger partial charge in [0.1, 0.15) is 17.3 Å². The maximum absolute atomic E-state index is 13.4. The summed E-state index contributed by atoms with van der Waals surface area (Å²) in [5.41, 5.74) is 2.86. The molecule has 31 heavy (non-hydrogen) atoms. The first-order chi connectivity index (χ1) is 15.0. The number of ketones is 1. The molecular formula is C27H29NO3. The molecule has 1 N–H and O–H groups in total. The molecule has 1 fully saturated rings. The van der Waals surface area contributed by atoms with E-state index in [1.165, 1.54) is 0 Å². The Bertz CT molecular complexity index is 1040. The molecule has 0 aliphatic heterocycles. The van der Waals surface area contributed by atoms with E-state index < -0.39 is 0 Å². The van der Waals surface area contributed by atoms with Crippen molar-refractivity contribution < 1.29 is 14.6 Å². The van der Waals surface area contributed by atoms with Crippen molar-refractivity contribution in [2.75, 3.05) is 0 Å².